The van der Waals surface area contributed by atoms with Gasteiger partial charge in [-0.3, -0.25) is 24.5 Å². The summed E-state index contributed by atoms with van der Waals surface area (Å²) in [6.45, 7) is -0.228. The fourth-order valence-electron chi connectivity index (χ4n) is 3.51. The summed E-state index contributed by atoms with van der Waals surface area (Å²) in [5.41, 5.74) is 1.80. The summed E-state index contributed by atoms with van der Waals surface area (Å²) >= 11 is 0. The van der Waals surface area contributed by atoms with Crippen molar-refractivity contribution in [2.45, 2.75) is 12.6 Å². The van der Waals surface area contributed by atoms with Crippen LogP contribution in [0, 0.1) is 10.1 Å². The molecule has 1 unspecified atom stereocenters. The van der Waals surface area contributed by atoms with Crippen LogP contribution in [0.3, 0.4) is 0 Å². The lowest BCUT2D eigenvalue weighted by Crippen LogP contribution is -2.30. The second kappa shape index (κ2) is 10.7. The number of aliphatic hydroxyl groups is 1. The number of fused-ring (bicyclic) bond motifs is 1. The third kappa shape index (κ3) is 5.65. The molecule has 0 saturated carbocycles. The van der Waals surface area contributed by atoms with E-state index in [-0.39, 0.29) is 36.0 Å². The Morgan fingerprint density at radius 2 is 1.97 bits per heavy atom. The van der Waals surface area contributed by atoms with Crippen LogP contribution in [0.25, 0.3) is 11.2 Å². The Morgan fingerprint density at radius 3 is 2.68 bits per heavy atom. The zero-order valence-corrected chi connectivity index (χ0v) is 19.8. The third-order valence-electron chi connectivity index (χ3n) is 5.36. The number of nitrogens with one attached hydrogen (secondary N) is 2. The van der Waals surface area contributed by atoms with Gasteiger partial charge in [-0.1, -0.05) is 12.1 Å². The molecule has 4 aromatic rings. The Morgan fingerprint density at radius 1 is 1.24 bits per heavy atom. The number of aromatic amines is 1. The molecule has 0 aliphatic rings. The highest BCUT2D eigenvalue weighted by atomic mass is 16.6. The summed E-state index contributed by atoms with van der Waals surface area (Å²) in [5.74, 6) is 1.23. The second-order valence-electron chi connectivity index (χ2n) is 7.90. The summed E-state index contributed by atoms with van der Waals surface area (Å²) in [6, 6.07) is 12.6. The van der Waals surface area contributed by atoms with E-state index in [0.717, 1.165) is 4.57 Å². The fourth-order valence-corrected chi connectivity index (χ4v) is 3.51. The number of nitro groups is 1. The summed E-state index contributed by atoms with van der Waals surface area (Å²) in [5, 5.41) is 25.7. The lowest BCUT2D eigenvalue weighted by Gasteiger charge is -2.15. The number of aliphatic hydroxyl groups excluding tert-OH is 1. The summed E-state index contributed by atoms with van der Waals surface area (Å²) in [4.78, 5) is 41.7. The average molecular weight is 509 g/mol. The van der Waals surface area contributed by atoms with E-state index >= 15 is 0 Å². The van der Waals surface area contributed by atoms with Crippen LogP contribution in [0.4, 0.5) is 11.6 Å². The molecule has 0 amide bonds. The number of nitro benzene ring substituents is 1. The van der Waals surface area contributed by atoms with Gasteiger partial charge in [0.05, 0.1) is 24.8 Å². The van der Waals surface area contributed by atoms with Crippen LogP contribution in [0.1, 0.15) is 5.56 Å². The highest BCUT2D eigenvalue weighted by Crippen LogP contribution is 2.19. The smallest absolute Gasteiger partial charge is 0.329 e. The van der Waals surface area contributed by atoms with Gasteiger partial charge < -0.3 is 19.1 Å². The number of hydrogen-bond acceptors (Lipinski definition) is 10. The molecule has 4 rings (SSSR count). The van der Waals surface area contributed by atoms with Crippen molar-refractivity contribution in [3.8, 4) is 11.5 Å². The number of H-pyrrole nitrogens is 1. The fraction of sp³-hybridized carbons (Fsp3) is 0.217. The Labute approximate surface area is 208 Å². The van der Waals surface area contributed by atoms with E-state index in [9.17, 15) is 24.8 Å². The first kappa shape index (κ1) is 25.1. The zero-order chi connectivity index (χ0) is 26.5. The number of rotatable bonds is 10. The number of benzene rings is 2. The van der Waals surface area contributed by atoms with E-state index in [4.69, 9.17) is 9.47 Å². The van der Waals surface area contributed by atoms with Crippen LogP contribution in [0.2, 0.25) is 0 Å². The molecule has 0 spiro atoms. The number of methoxy groups -OCH3 is 1. The molecule has 2 aromatic carbocycles. The van der Waals surface area contributed by atoms with Gasteiger partial charge in [0.2, 0.25) is 5.95 Å². The van der Waals surface area contributed by atoms with Crippen LogP contribution < -0.4 is 26.1 Å². The number of imidazole rings is 1. The van der Waals surface area contributed by atoms with Gasteiger partial charge in [-0.15, -0.1) is 0 Å². The molecule has 3 N–H and O–H groups in total. The molecule has 0 aliphatic carbocycles. The maximum absolute atomic E-state index is 12.6. The largest absolute Gasteiger partial charge is 0.497 e. The number of aromatic nitrogens is 4. The molecule has 192 valence electrons. The van der Waals surface area contributed by atoms with Gasteiger partial charge >= 0.3 is 5.69 Å². The van der Waals surface area contributed by atoms with E-state index in [1.54, 1.807) is 37.4 Å². The number of hydrogen-bond donors (Lipinski definition) is 3. The summed E-state index contributed by atoms with van der Waals surface area (Å²) in [6.07, 6.45) is 0.265. The lowest BCUT2D eigenvalue weighted by molar-refractivity contribution is -0.384. The molecule has 0 bridgehead atoms. The monoisotopic (exact) mass is 509 g/mol. The van der Waals surface area contributed by atoms with Crippen molar-refractivity contribution < 1.29 is 19.5 Å². The van der Waals surface area contributed by atoms with Crippen LogP contribution in [-0.4, -0.2) is 55.2 Å². The molecule has 14 nitrogen and oxygen atoms in total. The number of aryl methyl sites for hydroxylation is 1. The van der Waals surface area contributed by atoms with Gasteiger partial charge in [0.15, 0.2) is 11.2 Å². The van der Waals surface area contributed by atoms with E-state index < -0.39 is 22.3 Å². The molecule has 0 saturated heterocycles. The van der Waals surface area contributed by atoms with Crippen molar-refractivity contribution in [3.05, 3.63) is 85.0 Å². The van der Waals surface area contributed by atoms with E-state index in [1.807, 2.05) is 0 Å². The Hall–Kier alpha value is -4.98. The van der Waals surface area contributed by atoms with Crippen LogP contribution in [0.15, 0.2) is 63.2 Å². The minimum atomic E-state index is -1.07. The Balaban J connectivity index is 1.59. The average Bonchev–Trinajstić information content (AvgIpc) is 3.25. The minimum Gasteiger partial charge on any atom is -0.497 e. The first-order chi connectivity index (χ1) is 17.8. The predicted octanol–water partition coefficient (Wildman–Crippen LogP) is 1.23. The number of non-ortho nitro benzene ring substituents is 1. The SMILES string of the molecule is COc1ccc(OCC(O)Cn2c(N/N=C/c3cccc([N+](=O)[O-])c3)nc3c2c(=O)[nH]c(=O)n3C)cc1. The molecular formula is C23H23N7O7. The first-order valence-corrected chi connectivity index (χ1v) is 10.9. The molecule has 0 fully saturated rings. The van der Waals surface area contributed by atoms with E-state index in [2.05, 4.69) is 20.5 Å². The van der Waals surface area contributed by atoms with Gasteiger partial charge in [-0.2, -0.15) is 10.1 Å². The first-order valence-electron chi connectivity index (χ1n) is 10.9. The molecular weight excluding hydrogens is 486 g/mol. The molecule has 14 heteroatoms. The van der Waals surface area contributed by atoms with Crippen molar-refractivity contribution in [2.75, 3.05) is 19.1 Å². The molecule has 0 aliphatic heterocycles. The van der Waals surface area contributed by atoms with Gasteiger partial charge in [-0.25, -0.2) is 10.2 Å². The van der Waals surface area contributed by atoms with Crippen molar-refractivity contribution in [2.24, 2.45) is 12.1 Å². The molecule has 2 aromatic heterocycles. The maximum Gasteiger partial charge on any atom is 0.329 e. The van der Waals surface area contributed by atoms with Gasteiger partial charge in [0.1, 0.15) is 24.2 Å². The van der Waals surface area contributed by atoms with Crippen molar-refractivity contribution >= 4 is 29.0 Å². The van der Waals surface area contributed by atoms with Crippen LogP contribution >= 0.6 is 0 Å². The minimum absolute atomic E-state index is 0.0404. The zero-order valence-electron chi connectivity index (χ0n) is 19.8. The van der Waals surface area contributed by atoms with Crippen molar-refractivity contribution in [3.63, 3.8) is 0 Å². The Bertz CT molecular complexity index is 1570. The third-order valence-corrected chi connectivity index (χ3v) is 5.36. The highest BCUT2D eigenvalue weighted by molar-refractivity contribution is 5.81. The van der Waals surface area contributed by atoms with E-state index in [0.29, 0.717) is 17.1 Å². The quantitative estimate of drug-likeness (QED) is 0.161. The lowest BCUT2D eigenvalue weighted by atomic mass is 10.2. The molecule has 0 radical (unpaired) electrons. The molecule has 37 heavy (non-hydrogen) atoms. The summed E-state index contributed by atoms with van der Waals surface area (Å²) < 4.78 is 13.3. The maximum atomic E-state index is 12.6. The van der Waals surface area contributed by atoms with E-state index in [1.165, 1.54) is 36.0 Å². The van der Waals surface area contributed by atoms with Crippen LogP contribution in [-0.2, 0) is 13.6 Å². The predicted molar refractivity (Wildman–Crippen MR) is 134 cm³/mol. The van der Waals surface area contributed by atoms with Crippen molar-refractivity contribution in [1.29, 1.82) is 0 Å². The number of anilines is 1. The second-order valence-corrected chi connectivity index (χ2v) is 7.90. The molecule has 1 atom stereocenters. The van der Waals surface area contributed by atoms with Gasteiger partial charge in [0.25, 0.3) is 11.2 Å². The van der Waals surface area contributed by atoms with Crippen molar-refractivity contribution in [1.82, 2.24) is 19.1 Å². The highest BCUT2D eigenvalue weighted by Gasteiger charge is 2.20. The molecule has 2 heterocycles. The number of nitrogens with zero attached hydrogens (tertiary/aromatic N) is 5. The standard InChI is InChI=1S/C23H23N7O7/c1-28-20-19(21(32)26-23(28)33)29(12-16(31)13-37-18-8-6-17(36-2)7-9-18)22(25-20)27-24-11-14-4-3-5-15(10-14)30(34)35/h3-11,16,31H,12-13H2,1-2H3,(H,25,27)(H,26,32,33)/b24-11+. The number of hydrazone groups is 1. The van der Waals surface area contributed by atoms with Gasteiger partial charge in [0, 0.05) is 24.7 Å². The Kier molecular flexibility index (Phi) is 7.29. The topological polar surface area (TPSA) is 179 Å². The number of ether oxygens (including phenoxy) is 2. The van der Waals surface area contributed by atoms with Crippen LogP contribution in [0.5, 0.6) is 11.5 Å². The normalized spacial score (nSPS) is 12.1. The summed E-state index contributed by atoms with van der Waals surface area (Å²) in [7, 11) is 2.99. The van der Waals surface area contributed by atoms with Gasteiger partial charge in [-0.05, 0) is 24.3 Å².